The molecular weight excluding hydrogens is 466 g/mol. The average Bonchev–Trinajstić information content (AvgIpc) is 3.19. The SMILES string of the molecule is CCN1C(=O)C(=C/C=C/C=c2\c3cccc4cccc(c43)n2Cc2ccccc2)C(=O)N(CC)C1=S. The predicted octanol–water partition coefficient (Wildman–Crippen LogP) is 4.82. The lowest BCUT2D eigenvalue weighted by Gasteiger charge is -2.35. The van der Waals surface area contributed by atoms with E-state index in [1.165, 1.54) is 37.0 Å². The Kier molecular flexibility index (Phi) is 6.53. The number of carbonyl (C=O) groups is 2. The number of allylic oxidation sites excluding steroid dienone is 3. The molecule has 5 rings (SSSR count). The van der Waals surface area contributed by atoms with Gasteiger partial charge in [0.05, 0.1) is 5.52 Å². The fourth-order valence-corrected chi connectivity index (χ4v) is 5.28. The van der Waals surface area contributed by atoms with Crippen LogP contribution in [0, 0.1) is 0 Å². The maximum Gasteiger partial charge on any atom is 0.265 e. The van der Waals surface area contributed by atoms with Crippen LogP contribution in [-0.2, 0) is 16.1 Å². The Morgan fingerprint density at radius 2 is 1.42 bits per heavy atom. The molecule has 1 saturated heterocycles. The summed E-state index contributed by atoms with van der Waals surface area (Å²) >= 11 is 5.34. The third-order valence-corrected chi connectivity index (χ3v) is 7.04. The third-order valence-electron chi connectivity index (χ3n) is 6.60. The van der Waals surface area contributed by atoms with Gasteiger partial charge in [0.15, 0.2) is 5.11 Å². The Morgan fingerprint density at radius 1 is 0.778 bits per heavy atom. The van der Waals surface area contributed by atoms with Crippen molar-refractivity contribution in [3.05, 3.63) is 101 Å². The molecule has 2 heterocycles. The zero-order chi connectivity index (χ0) is 25.2. The number of likely N-dealkylation sites (N-methyl/N-ethyl adjacent to an activating group) is 2. The van der Waals surface area contributed by atoms with Crippen LogP contribution in [0.3, 0.4) is 0 Å². The molecule has 0 saturated carbocycles. The molecule has 3 aromatic carbocycles. The highest BCUT2D eigenvalue weighted by atomic mass is 32.1. The van der Waals surface area contributed by atoms with E-state index >= 15 is 0 Å². The van der Waals surface area contributed by atoms with Crippen LogP contribution in [0.1, 0.15) is 19.4 Å². The third kappa shape index (κ3) is 4.03. The number of aromatic nitrogens is 1. The van der Waals surface area contributed by atoms with E-state index in [-0.39, 0.29) is 22.5 Å². The van der Waals surface area contributed by atoms with Gasteiger partial charge in [0.1, 0.15) is 5.57 Å². The average molecular weight is 494 g/mol. The van der Waals surface area contributed by atoms with Gasteiger partial charge >= 0.3 is 0 Å². The molecule has 1 aliphatic heterocycles. The van der Waals surface area contributed by atoms with Gasteiger partial charge in [0.25, 0.3) is 11.8 Å². The Hall–Kier alpha value is -4.03. The Morgan fingerprint density at radius 3 is 2.08 bits per heavy atom. The minimum Gasteiger partial charge on any atom is -0.336 e. The van der Waals surface area contributed by atoms with Crippen molar-refractivity contribution < 1.29 is 9.59 Å². The molecule has 0 aliphatic carbocycles. The molecule has 1 aliphatic rings. The number of hydrogen-bond donors (Lipinski definition) is 0. The van der Waals surface area contributed by atoms with Crippen molar-refractivity contribution >= 4 is 56.9 Å². The second kappa shape index (κ2) is 9.91. The zero-order valence-corrected chi connectivity index (χ0v) is 21.2. The number of benzene rings is 3. The first-order chi connectivity index (χ1) is 17.5. The van der Waals surface area contributed by atoms with Crippen LogP contribution >= 0.6 is 12.2 Å². The van der Waals surface area contributed by atoms with Crippen molar-refractivity contribution in [2.45, 2.75) is 20.4 Å². The maximum atomic E-state index is 12.9. The van der Waals surface area contributed by atoms with Crippen LogP contribution in [0.2, 0.25) is 0 Å². The van der Waals surface area contributed by atoms with Crippen molar-refractivity contribution in [1.29, 1.82) is 0 Å². The van der Waals surface area contributed by atoms with E-state index in [1.807, 2.05) is 32.1 Å². The standard InChI is InChI=1S/C30H27N3O2S/c1-3-31-28(34)24(29(35)32(4-2)30(31)36)16-8-9-18-25-23-17-10-14-22-15-11-19-26(27(22)23)33(25)20-21-12-6-5-7-13-21/h5-19H,3-4,20H2,1-2H3/b9-8+,25-18+. The molecular formula is C30H27N3O2S. The van der Waals surface area contributed by atoms with Gasteiger partial charge in [0.2, 0.25) is 0 Å². The molecule has 36 heavy (non-hydrogen) atoms. The quantitative estimate of drug-likeness (QED) is 0.220. The van der Waals surface area contributed by atoms with Crippen molar-refractivity contribution in [3.63, 3.8) is 0 Å². The van der Waals surface area contributed by atoms with E-state index in [0.717, 1.165) is 11.9 Å². The molecule has 1 fully saturated rings. The van der Waals surface area contributed by atoms with Crippen LogP contribution in [0.4, 0.5) is 0 Å². The Bertz CT molecular complexity index is 1560. The molecule has 0 atom stereocenters. The number of nitrogens with zero attached hydrogens (tertiary/aromatic N) is 3. The summed E-state index contributed by atoms with van der Waals surface area (Å²) in [4.78, 5) is 28.7. The molecule has 0 N–H and O–H groups in total. The maximum absolute atomic E-state index is 12.9. The Labute approximate surface area is 215 Å². The number of hydrogen-bond acceptors (Lipinski definition) is 3. The normalized spacial score (nSPS) is 15.3. The first kappa shape index (κ1) is 23.7. The lowest BCUT2D eigenvalue weighted by atomic mass is 10.1. The predicted molar refractivity (Wildman–Crippen MR) is 149 cm³/mol. The van der Waals surface area contributed by atoms with E-state index in [9.17, 15) is 9.59 Å². The molecule has 0 radical (unpaired) electrons. The van der Waals surface area contributed by atoms with Crippen LogP contribution in [0.25, 0.3) is 27.8 Å². The molecule has 6 heteroatoms. The van der Waals surface area contributed by atoms with Gasteiger partial charge in [-0.25, -0.2) is 0 Å². The molecule has 1 aromatic heterocycles. The van der Waals surface area contributed by atoms with Crippen LogP contribution < -0.4 is 5.35 Å². The molecule has 2 amide bonds. The largest absolute Gasteiger partial charge is 0.336 e. The summed E-state index contributed by atoms with van der Waals surface area (Å²) < 4.78 is 2.32. The minimum absolute atomic E-state index is 0.125. The fraction of sp³-hybridized carbons (Fsp3) is 0.167. The smallest absolute Gasteiger partial charge is 0.265 e. The van der Waals surface area contributed by atoms with E-state index in [2.05, 4.69) is 65.2 Å². The van der Waals surface area contributed by atoms with Gasteiger partial charge in [-0.15, -0.1) is 0 Å². The first-order valence-electron chi connectivity index (χ1n) is 12.1. The van der Waals surface area contributed by atoms with E-state index in [0.29, 0.717) is 13.1 Å². The highest BCUT2D eigenvalue weighted by molar-refractivity contribution is 7.80. The molecule has 5 nitrogen and oxygen atoms in total. The number of thiocarbonyl (C=S) groups is 1. The molecule has 0 unspecified atom stereocenters. The summed E-state index contributed by atoms with van der Waals surface area (Å²) in [6.07, 6.45) is 7.30. The van der Waals surface area contributed by atoms with Gasteiger partial charge in [-0.2, -0.15) is 0 Å². The van der Waals surface area contributed by atoms with Crippen molar-refractivity contribution in [2.75, 3.05) is 13.1 Å². The second-order valence-corrected chi connectivity index (χ2v) is 9.02. The van der Waals surface area contributed by atoms with Crippen LogP contribution in [0.15, 0.2) is 90.5 Å². The van der Waals surface area contributed by atoms with Crippen LogP contribution in [0.5, 0.6) is 0 Å². The van der Waals surface area contributed by atoms with Crippen molar-refractivity contribution in [3.8, 4) is 0 Å². The monoisotopic (exact) mass is 493 g/mol. The molecule has 0 bridgehead atoms. The van der Waals surface area contributed by atoms with E-state index in [4.69, 9.17) is 12.2 Å². The lowest BCUT2D eigenvalue weighted by molar-refractivity contribution is -0.133. The zero-order valence-electron chi connectivity index (χ0n) is 20.3. The summed E-state index contributed by atoms with van der Waals surface area (Å²) in [5.41, 5.74) is 2.51. The van der Waals surface area contributed by atoms with Gasteiger partial charge < -0.3 is 4.57 Å². The Balaban J connectivity index is 1.59. The van der Waals surface area contributed by atoms with Crippen LogP contribution in [-0.4, -0.2) is 44.4 Å². The van der Waals surface area contributed by atoms with Crippen molar-refractivity contribution in [2.24, 2.45) is 0 Å². The summed E-state index contributed by atoms with van der Waals surface area (Å²) in [7, 11) is 0. The van der Waals surface area contributed by atoms with Gasteiger partial charge in [-0.3, -0.25) is 19.4 Å². The minimum atomic E-state index is -0.349. The lowest BCUT2D eigenvalue weighted by Crippen LogP contribution is -2.55. The van der Waals surface area contributed by atoms with Gasteiger partial charge in [-0.05, 0) is 55.2 Å². The molecule has 180 valence electrons. The molecule has 0 spiro atoms. The second-order valence-electron chi connectivity index (χ2n) is 8.65. The molecule has 4 aromatic rings. The van der Waals surface area contributed by atoms with Gasteiger partial charge in [-0.1, -0.05) is 72.8 Å². The number of amides is 2. The van der Waals surface area contributed by atoms with Gasteiger partial charge in [0, 0.05) is 35.8 Å². The summed E-state index contributed by atoms with van der Waals surface area (Å²) in [5, 5.41) is 4.95. The first-order valence-corrected chi connectivity index (χ1v) is 12.6. The summed E-state index contributed by atoms with van der Waals surface area (Å²) in [6.45, 7) is 5.28. The highest BCUT2D eigenvalue weighted by Crippen LogP contribution is 2.26. The fourth-order valence-electron chi connectivity index (χ4n) is 4.85. The van der Waals surface area contributed by atoms with Crippen molar-refractivity contribution in [1.82, 2.24) is 14.4 Å². The van der Waals surface area contributed by atoms with E-state index < -0.39 is 0 Å². The summed E-state index contributed by atoms with van der Waals surface area (Å²) in [6, 6.07) is 23.1. The highest BCUT2D eigenvalue weighted by Gasteiger charge is 2.37. The number of rotatable bonds is 6. The topological polar surface area (TPSA) is 45.6 Å². The van der Waals surface area contributed by atoms with E-state index in [1.54, 1.807) is 12.2 Å². The number of carbonyl (C=O) groups excluding carboxylic acids is 2. The summed E-state index contributed by atoms with van der Waals surface area (Å²) in [5.74, 6) is -0.698.